The minimum atomic E-state index is -0.466. The van der Waals surface area contributed by atoms with Crippen LogP contribution in [0.5, 0.6) is 5.75 Å². The van der Waals surface area contributed by atoms with E-state index in [9.17, 15) is 9.18 Å². The quantitative estimate of drug-likeness (QED) is 0.812. The number of amides is 1. The number of rotatable bonds is 4. The van der Waals surface area contributed by atoms with Crippen molar-refractivity contribution in [1.82, 2.24) is 15.2 Å². The monoisotopic (exact) mass is 419 g/mol. The second-order valence-electron chi connectivity index (χ2n) is 7.79. The number of ether oxygens (including phenoxy) is 1. The van der Waals surface area contributed by atoms with Crippen LogP contribution in [0.1, 0.15) is 43.5 Å². The molecule has 2 fully saturated rings. The van der Waals surface area contributed by atoms with E-state index in [2.05, 4.69) is 10.3 Å². The number of likely N-dealkylation sites (N-methyl/N-ethyl adjacent to an activating group) is 1. The molecular formula is C22H27ClFN3O2. The number of hydrogen-bond donors (Lipinski definition) is 1. The third kappa shape index (κ3) is 3.83. The van der Waals surface area contributed by atoms with E-state index >= 15 is 0 Å². The first kappa shape index (κ1) is 21.5. The van der Waals surface area contributed by atoms with Gasteiger partial charge in [0, 0.05) is 25.4 Å². The maximum absolute atomic E-state index is 14.6. The summed E-state index contributed by atoms with van der Waals surface area (Å²) in [5.41, 5.74) is 2.60. The first-order valence-electron chi connectivity index (χ1n) is 9.86. The molecule has 2 aliphatic heterocycles. The molecular weight excluding hydrogens is 393 g/mol. The van der Waals surface area contributed by atoms with Gasteiger partial charge in [0.25, 0.3) is 0 Å². The van der Waals surface area contributed by atoms with Crippen LogP contribution < -0.4 is 10.1 Å². The lowest BCUT2D eigenvalue weighted by Gasteiger charge is -2.23. The molecule has 0 unspecified atom stereocenters. The molecule has 2 aromatic rings. The Hall–Kier alpha value is -2.18. The lowest BCUT2D eigenvalue weighted by atomic mass is 9.96. The smallest absolute Gasteiger partial charge is 0.242 e. The number of nitrogens with one attached hydrogen (secondary N) is 1. The lowest BCUT2D eigenvalue weighted by Crippen LogP contribution is -2.47. The van der Waals surface area contributed by atoms with Crippen molar-refractivity contribution in [3.05, 3.63) is 47.5 Å². The Bertz CT molecular complexity index is 923. The van der Waals surface area contributed by atoms with E-state index in [4.69, 9.17) is 4.74 Å². The van der Waals surface area contributed by atoms with E-state index in [0.29, 0.717) is 17.9 Å². The summed E-state index contributed by atoms with van der Waals surface area (Å²) >= 11 is 0. The van der Waals surface area contributed by atoms with Crippen LogP contribution in [0.2, 0.25) is 0 Å². The SMILES string of the molecule is CCOc1ccc(F)c(-c2cc([C@@H]3CC[C@]4(CCN(C)C4=O)N3)ncc2C)c1.Cl. The summed E-state index contributed by atoms with van der Waals surface area (Å²) in [7, 11) is 1.85. The number of hydrogen-bond acceptors (Lipinski definition) is 4. The molecule has 2 saturated heterocycles. The summed E-state index contributed by atoms with van der Waals surface area (Å²) in [6.07, 6.45) is 4.26. The molecule has 0 radical (unpaired) electrons. The number of carbonyl (C=O) groups is 1. The highest BCUT2D eigenvalue weighted by atomic mass is 35.5. The molecule has 0 bridgehead atoms. The van der Waals surface area contributed by atoms with Crippen molar-refractivity contribution in [2.75, 3.05) is 20.2 Å². The predicted octanol–water partition coefficient (Wildman–Crippen LogP) is 4.04. The molecule has 5 nitrogen and oxygen atoms in total. The number of likely N-dealkylation sites (tertiary alicyclic amines) is 1. The Labute approximate surface area is 177 Å². The number of aryl methyl sites for hydroxylation is 1. The Morgan fingerprint density at radius 2 is 2.10 bits per heavy atom. The van der Waals surface area contributed by atoms with Gasteiger partial charge in [-0.1, -0.05) is 0 Å². The van der Waals surface area contributed by atoms with Crippen LogP contribution in [0.15, 0.2) is 30.5 Å². The number of halogens is 2. The maximum Gasteiger partial charge on any atom is 0.242 e. The van der Waals surface area contributed by atoms with Crippen LogP contribution in [0.4, 0.5) is 4.39 Å². The van der Waals surface area contributed by atoms with E-state index in [0.717, 1.165) is 42.6 Å². The minimum absolute atomic E-state index is 0. The zero-order valence-corrected chi connectivity index (χ0v) is 17.8. The molecule has 1 aromatic heterocycles. The fraction of sp³-hybridized carbons (Fsp3) is 0.455. The van der Waals surface area contributed by atoms with Gasteiger partial charge in [-0.25, -0.2) is 4.39 Å². The number of nitrogens with zero attached hydrogens (tertiary/aromatic N) is 2. The van der Waals surface area contributed by atoms with Crippen LogP contribution in [0.3, 0.4) is 0 Å². The Morgan fingerprint density at radius 1 is 1.31 bits per heavy atom. The molecule has 29 heavy (non-hydrogen) atoms. The number of carbonyl (C=O) groups excluding carboxylic acids is 1. The molecule has 4 rings (SSSR count). The second-order valence-corrected chi connectivity index (χ2v) is 7.79. The Kier molecular flexibility index (Phi) is 6.15. The van der Waals surface area contributed by atoms with Crippen LogP contribution in [-0.4, -0.2) is 41.5 Å². The first-order chi connectivity index (χ1) is 13.4. The molecule has 0 saturated carbocycles. The number of benzene rings is 1. The highest BCUT2D eigenvalue weighted by molar-refractivity contribution is 5.88. The maximum atomic E-state index is 14.6. The zero-order valence-electron chi connectivity index (χ0n) is 17.0. The van der Waals surface area contributed by atoms with Crippen molar-refractivity contribution < 1.29 is 13.9 Å². The Balaban J connectivity index is 0.00000240. The van der Waals surface area contributed by atoms with Gasteiger partial charge < -0.3 is 9.64 Å². The van der Waals surface area contributed by atoms with Gasteiger partial charge in [-0.05, 0) is 68.5 Å². The number of aromatic nitrogens is 1. The predicted molar refractivity (Wildman–Crippen MR) is 113 cm³/mol. The van der Waals surface area contributed by atoms with Crippen molar-refractivity contribution in [2.24, 2.45) is 0 Å². The van der Waals surface area contributed by atoms with Crippen molar-refractivity contribution in [3.8, 4) is 16.9 Å². The zero-order chi connectivity index (χ0) is 19.9. The third-order valence-electron chi connectivity index (χ3n) is 5.96. The second kappa shape index (κ2) is 8.28. The van der Waals surface area contributed by atoms with Crippen molar-refractivity contribution in [2.45, 2.75) is 44.7 Å². The van der Waals surface area contributed by atoms with E-state index in [1.807, 2.05) is 27.0 Å². The lowest BCUT2D eigenvalue weighted by molar-refractivity contribution is -0.131. The molecule has 1 amide bonds. The van der Waals surface area contributed by atoms with Crippen molar-refractivity contribution in [1.29, 1.82) is 0 Å². The molecule has 2 atom stereocenters. The molecule has 3 heterocycles. The molecule has 0 aliphatic carbocycles. The van der Waals surface area contributed by atoms with Gasteiger partial charge in [0.15, 0.2) is 0 Å². The van der Waals surface area contributed by atoms with Gasteiger partial charge in [-0.3, -0.25) is 15.1 Å². The van der Waals surface area contributed by atoms with E-state index in [-0.39, 0.29) is 30.2 Å². The summed E-state index contributed by atoms with van der Waals surface area (Å²) in [6, 6.07) is 6.76. The highest BCUT2D eigenvalue weighted by Crippen LogP contribution is 2.40. The van der Waals surface area contributed by atoms with Crippen LogP contribution >= 0.6 is 12.4 Å². The molecule has 2 aliphatic rings. The van der Waals surface area contributed by atoms with Gasteiger partial charge in [-0.15, -0.1) is 12.4 Å². The van der Waals surface area contributed by atoms with Gasteiger partial charge in [-0.2, -0.15) is 0 Å². The van der Waals surface area contributed by atoms with E-state index in [1.165, 1.54) is 6.07 Å². The molecule has 1 aromatic carbocycles. The van der Waals surface area contributed by atoms with E-state index < -0.39 is 5.54 Å². The number of pyridine rings is 1. The van der Waals surface area contributed by atoms with Crippen LogP contribution in [-0.2, 0) is 4.79 Å². The molecule has 1 spiro atoms. The average molecular weight is 420 g/mol. The van der Waals surface area contributed by atoms with Gasteiger partial charge in [0.1, 0.15) is 17.1 Å². The summed E-state index contributed by atoms with van der Waals surface area (Å²) in [5, 5.41) is 3.54. The highest BCUT2D eigenvalue weighted by Gasteiger charge is 2.50. The molecule has 7 heteroatoms. The fourth-order valence-corrected chi connectivity index (χ4v) is 4.38. The largest absolute Gasteiger partial charge is 0.494 e. The van der Waals surface area contributed by atoms with Gasteiger partial charge in [0.2, 0.25) is 5.91 Å². The first-order valence-corrected chi connectivity index (χ1v) is 9.86. The van der Waals surface area contributed by atoms with Crippen LogP contribution in [0, 0.1) is 12.7 Å². The molecule has 156 valence electrons. The normalized spacial score (nSPS) is 23.5. The standard InChI is InChI=1S/C22H26FN3O2.ClH/c1-4-28-15-5-6-18(23)17(11-15)16-12-20(24-13-14(16)2)19-7-8-22(25-19)9-10-26(3)21(22)27;/h5-6,11-13,19,25H,4,7-10H2,1-3H3;1H/t19-,22+;/m0./s1. The summed E-state index contributed by atoms with van der Waals surface area (Å²) < 4.78 is 20.1. The van der Waals surface area contributed by atoms with Gasteiger partial charge in [0.05, 0.1) is 18.3 Å². The summed E-state index contributed by atoms with van der Waals surface area (Å²) in [6.45, 7) is 5.14. The van der Waals surface area contributed by atoms with Gasteiger partial charge >= 0.3 is 0 Å². The summed E-state index contributed by atoms with van der Waals surface area (Å²) in [5.74, 6) is 0.527. The average Bonchev–Trinajstić information content (AvgIpc) is 3.24. The fourth-order valence-electron chi connectivity index (χ4n) is 4.38. The third-order valence-corrected chi connectivity index (χ3v) is 5.96. The van der Waals surface area contributed by atoms with Crippen LogP contribution in [0.25, 0.3) is 11.1 Å². The topological polar surface area (TPSA) is 54.5 Å². The van der Waals surface area contributed by atoms with Crippen molar-refractivity contribution in [3.63, 3.8) is 0 Å². The van der Waals surface area contributed by atoms with Crippen molar-refractivity contribution >= 4 is 18.3 Å². The minimum Gasteiger partial charge on any atom is -0.494 e. The van der Waals surface area contributed by atoms with E-state index in [1.54, 1.807) is 23.2 Å². The molecule has 1 N–H and O–H groups in total. The summed E-state index contributed by atoms with van der Waals surface area (Å²) in [4.78, 5) is 19.0. The Morgan fingerprint density at radius 3 is 2.79 bits per heavy atom.